The second-order valence-electron chi connectivity index (χ2n) is 4.58. The van der Waals surface area contributed by atoms with Gasteiger partial charge in [-0.1, -0.05) is 6.92 Å². The molecule has 0 aliphatic carbocycles. The maximum atomic E-state index is 4.65. The third-order valence-corrected chi connectivity index (χ3v) is 4.55. The molecule has 0 radical (unpaired) electrons. The number of anilines is 2. The van der Waals surface area contributed by atoms with Crippen LogP contribution in [0, 0.1) is 6.92 Å². The van der Waals surface area contributed by atoms with E-state index in [0.717, 1.165) is 36.7 Å². The first kappa shape index (κ1) is 13.5. The summed E-state index contributed by atoms with van der Waals surface area (Å²) in [5.41, 5.74) is 1.17. The zero-order valence-electron chi connectivity index (χ0n) is 11.4. The largest absolute Gasteiger partial charge is 0.354 e. The molecular weight excluding hydrogens is 244 g/mol. The first-order valence-corrected chi connectivity index (χ1v) is 7.73. The van der Waals surface area contributed by atoms with Gasteiger partial charge in [-0.2, -0.15) is 16.7 Å². The van der Waals surface area contributed by atoms with Crippen molar-refractivity contribution in [3.8, 4) is 0 Å². The minimum atomic E-state index is 0.732. The van der Waals surface area contributed by atoms with Gasteiger partial charge in [-0.3, -0.25) is 0 Å². The van der Waals surface area contributed by atoms with Crippen molar-refractivity contribution in [2.45, 2.75) is 32.4 Å². The summed E-state index contributed by atoms with van der Waals surface area (Å²) in [6, 6.07) is 0. The van der Waals surface area contributed by atoms with E-state index in [1.807, 2.05) is 6.20 Å². The zero-order chi connectivity index (χ0) is 13.0. The number of aromatic nitrogens is 2. The highest BCUT2D eigenvalue weighted by Gasteiger charge is 2.21. The van der Waals surface area contributed by atoms with Crippen LogP contribution < -0.4 is 10.2 Å². The monoisotopic (exact) mass is 266 g/mol. The molecule has 1 aromatic heterocycles. The SMILES string of the molecule is CCNc1ncc(C)c(N2CCSC(CC)C2)n1. The van der Waals surface area contributed by atoms with Gasteiger partial charge in [0.25, 0.3) is 0 Å². The van der Waals surface area contributed by atoms with Gasteiger partial charge in [-0.25, -0.2) is 4.98 Å². The van der Waals surface area contributed by atoms with Gasteiger partial charge in [0.15, 0.2) is 0 Å². The Hall–Kier alpha value is -0.970. The average Bonchev–Trinajstić information content (AvgIpc) is 2.41. The molecule has 0 amide bonds. The van der Waals surface area contributed by atoms with Gasteiger partial charge in [0.2, 0.25) is 5.95 Å². The lowest BCUT2D eigenvalue weighted by Crippen LogP contribution is -2.38. The predicted octanol–water partition coefficient (Wildman–Crippen LogP) is 2.55. The van der Waals surface area contributed by atoms with E-state index in [4.69, 9.17) is 0 Å². The van der Waals surface area contributed by atoms with Gasteiger partial charge in [-0.15, -0.1) is 0 Å². The van der Waals surface area contributed by atoms with E-state index in [-0.39, 0.29) is 0 Å². The van der Waals surface area contributed by atoms with Crippen LogP contribution in [-0.4, -0.2) is 40.6 Å². The molecule has 1 aliphatic rings. The standard InChI is InChI=1S/C13H22N4S/c1-4-11-9-17(6-7-18-11)12-10(3)8-15-13(16-12)14-5-2/h8,11H,4-7,9H2,1-3H3,(H,14,15,16). The smallest absolute Gasteiger partial charge is 0.224 e. The van der Waals surface area contributed by atoms with Gasteiger partial charge < -0.3 is 10.2 Å². The van der Waals surface area contributed by atoms with Crippen LogP contribution in [0.3, 0.4) is 0 Å². The Bertz CT molecular complexity index is 397. The number of aryl methyl sites for hydroxylation is 1. The second kappa shape index (κ2) is 6.27. The van der Waals surface area contributed by atoms with E-state index < -0.39 is 0 Å². The number of hydrogen-bond donors (Lipinski definition) is 1. The molecular formula is C13H22N4S. The van der Waals surface area contributed by atoms with E-state index in [1.165, 1.54) is 17.7 Å². The van der Waals surface area contributed by atoms with Crippen LogP contribution in [0.25, 0.3) is 0 Å². The Morgan fingerprint density at radius 3 is 3.06 bits per heavy atom. The van der Waals surface area contributed by atoms with Crippen molar-refractivity contribution in [2.75, 3.05) is 35.6 Å². The molecule has 1 unspecified atom stereocenters. The summed E-state index contributed by atoms with van der Waals surface area (Å²) in [6.07, 6.45) is 3.15. The lowest BCUT2D eigenvalue weighted by Gasteiger charge is -2.33. The molecule has 0 saturated carbocycles. The number of nitrogens with zero attached hydrogens (tertiary/aromatic N) is 3. The Morgan fingerprint density at radius 2 is 2.33 bits per heavy atom. The van der Waals surface area contributed by atoms with Crippen LogP contribution in [0.4, 0.5) is 11.8 Å². The van der Waals surface area contributed by atoms with Crippen molar-refractivity contribution in [3.05, 3.63) is 11.8 Å². The van der Waals surface area contributed by atoms with Crippen molar-refractivity contribution in [2.24, 2.45) is 0 Å². The first-order chi connectivity index (χ1) is 8.74. The van der Waals surface area contributed by atoms with Crippen molar-refractivity contribution < 1.29 is 0 Å². The Labute approximate surface area is 114 Å². The summed E-state index contributed by atoms with van der Waals surface area (Å²) >= 11 is 2.08. The van der Waals surface area contributed by atoms with E-state index >= 15 is 0 Å². The number of rotatable bonds is 4. The van der Waals surface area contributed by atoms with Crippen LogP contribution in [-0.2, 0) is 0 Å². The predicted molar refractivity (Wildman–Crippen MR) is 79.7 cm³/mol. The van der Waals surface area contributed by atoms with Crippen LogP contribution in [0.1, 0.15) is 25.8 Å². The van der Waals surface area contributed by atoms with Gasteiger partial charge in [0.1, 0.15) is 5.82 Å². The minimum Gasteiger partial charge on any atom is -0.354 e. The highest BCUT2D eigenvalue weighted by molar-refractivity contribution is 8.00. The van der Waals surface area contributed by atoms with Gasteiger partial charge in [-0.05, 0) is 20.3 Å². The van der Waals surface area contributed by atoms with E-state index in [0.29, 0.717) is 0 Å². The second-order valence-corrected chi connectivity index (χ2v) is 5.99. The molecule has 1 N–H and O–H groups in total. The Kier molecular flexibility index (Phi) is 4.69. The van der Waals surface area contributed by atoms with E-state index in [9.17, 15) is 0 Å². The molecule has 100 valence electrons. The molecule has 18 heavy (non-hydrogen) atoms. The fourth-order valence-electron chi connectivity index (χ4n) is 2.16. The fraction of sp³-hybridized carbons (Fsp3) is 0.692. The molecule has 1 aromatic rings. The van der Waals surface area contributed by atoms with Crippen LogP contribution in [0.15, 0.2) is 6.20 Å². The normalized spacial score (nSPS) is 19.9. The molecule has 1 atom stereocenters. The topological polar surface area (TPSA) is 41.1 Å². The van der Waals surface area contributed by atoms with E-state index in [1.54, 1.807) is 0 Å². The minimum absolute atomic E-state index is 0.732. The van der Waals surface area contributed by atoms with Gasteiger partial charge in [0.05, 0.1) is 0 Å². The molecule has 5 heteroatoms. The van der Waals surface area contributed by atoms with Crippen molar-refractivity contribution in [1.82, 2.24) is 9.97 Å². The molecule has 1 aliphatic heterocycles. The molecule has 4 nitrogen and oxygen atoms in total. The number of hydrogen-bond acceptors (Lipinski definition) is 5. The van der Waals surface area contributed by atoms with E-state index in [2.05, 4.69) is 52.7 Å². The maximum Gasteiger partial charge on any atom is 0.224 e. The Morgan fingerprint density at radius 1 is 1.50 bits per heavy atom. The summed E-state index contributed by atoms with van der Waals surface area (Å²) in [5, 5.41) is 3.92. The lowest BCUT2D eigenvalue weighted by molar-refractivity contribution is 0.716. The maximum absolute atomic E-state index is 4.65. The quantitative estimate of drug-likeness (QED) is 0.907. The molecule has 0 spiro atoms. The molecule has 0 bridgehead atoms. The number of nitrogens with one attached hydrogen (secondary N) is 1. The van der Waals surface area contributed by atoms with Crippen molar-refractivity contribution >= 4 is 23.5 Å². The summed E-state index contributed by atoms with van der Waals surface area (Å²) in [7, 11) is 0. The third-order valence-electron chi connectivity index (χ3n) is 3.17. The molecule has 1 saturated heterocycles. The van der Waals surface area contributed by atoms with Crippen LogP contribution in [0.5, 0.6) is 0 Å². The highest BCUT2D eigenvalue weighted by atomic mass is 32.2. The van der Waals surface area contributed by atoms with Crippen LogP contribution >= 0.6 is 11.8 Å². The average molecular weight is 266 g/mol. The Balaban J connectivity index is 2.17. The fourth-order valence-corrected chi connectivity index (χ4v) is 3.34. The highest BCUT2D eigenvalue weighted by Crippen LogP contribution is 2.26. The summed E-state index contributed by atoms with van der Waals surface area (Å²) in [5.74, 6) is 3.03. The van der Waals surface area contributed by atoms with Crippen LogP contribution in [0.2, 0.25) is 0 Å². The van der Waals surface area contributed by atoms with Gasteiger partial charge >= 0.3 is 0 Å². The molecule has 2 rings (SSSR count). The molecule has 0 aromatic carbocycles. The molecule has 2 heterocycles. The van der Waals surface area contributed by atoms with Crippen molar-refractivity contribution in [3.63, 3.8) is 0 Å². The third kappa shape index (κ3) is 3.07. The summed E-state index contributed by atoms with van der Waals surface area (Å²) in [6.45, 7) is 9.46. The first-order valence-electron chi connectivity index (χ1n) is 6.68. The number of thioether (sulfide) groups is 1. The lowest BCUT2D eigenvalue weighted by atomic mass is 10.2. The van der Waals surface area contributed by atoms with Gasteiger partial charge in [0, 0.05) is 42.4 Å². The molecule has 1 fully saturated rings. The summed E-state index contributed by atoms with van der Waals surface area (Å²) in [4.78, 5) is 11.4. The summed E-state index contributed by atoms with van der Waals surface area (Å²) < 4.78 is 0. The zero-order valence-corrected chi connectivity index (χ0v) is 12.3. The van der Waals surface area contributed by atoms with Crippen molar-refractivity contribution in [1.29, 1.82) is 0 Å².